The van der Waals surface area contributed by atoms with E-state index in [9.17, 15) is 4.39 Å². The van der Waals surface area contributed by atoms with Crippen LogP contribution in [0.5, 0.6) is 5.75 Å². The number of benzene rings is 1. The fraction of sp³-hybridized carbons (Fsp3) is 0.625. The predicted octanol–water partition coefficient (Wildman–Crippen LogP) is 3.39. The fourth-order valence-corrected chi connectivity index (χ4v) is 2.92. The van der Waals surface area contributed by atoms with Crippen molar-refractivity contribution in [2.75, 3.05) is 33.3 Å². The second-order valence-electron chi connectivity index (χ2n) is 5.30. The third-order valence-corrected chi connectivity index (χ3v) is 3.99. The van der Waals surface area contributed by atoms with Crippen LogP contribution in [0, 0.1) is 5.82 Å². The molecule has 5 heteroatoms. The molecule has 0 unspecified atom stereocenters. The Bertz CT molecular complexity index is 425. The van der Waals surface area contributed by atoms with Crippen LogP contribution in [0.15, 0.2) is 18.2 Å². The SMILES string of the molecule is CCCC[C@H](c1c(F)cccc1OC)N1CCNCC1.Cl. The highest BCUT2D eigenvalue weighted by Gasteiger charge is 2.26. The third kappa shape index (κ3) is 4.56. The summed E-state index contributed by atoms with van der Waals surface area (Å²) in [4.78, 5) is 2.38. The molecular formula is C16H26ClFN2O. The molecule has 1 atom stereocenters. The standard InChI is InChI=1S/C16H25FN2O.ClH/c1-3-4-7-14(19-11-9-18-10-12-19)16-13(17)6-5-8-15(16)20-2;/h5-6,8,14,18H,3-4,7,9-12H2,1-2H3;1H/t14-;/m1./s1. The average molecular weight is 317 g/mol. The lowest BCUT2D eigenvalue weighted by atomic mass is 9.97. The van der Waals surface area contributed by atoms with Crippen molar-refractivity contribution in [3.63, 3.8) is 0 Å². The van der Waals surface area contributed by atoms with Crippen LogP contribution in [0.4, 0.5) is 4.39 Å². The largest absolute Gasteiger partial charge is 0.496 e. The lowest BCUT2D eigenvalue weighted by Gasteiger charge is -2.36. The average Bonchev–Trinajstić information content (AvgIpc) is 2.50. The second kappa shape index (κ2) is 9.23. The molecule has 1 aliphatic rings. The number of nitrogens with one attached hydrogen (secondary N) is 1. The van der Waals surface area contributed by atoms with Crippen LogP contribution in [0.25, 0.3) is 0 Å². The first-order chi connectivity index (χ1) is 9.77. The van der Waals surface area contributed by atoms with Gasteiger partial charge < -0.3 is 10.1 Å². The summed E-state index contributed by atoms with van der Waals surface area (Å²) in [5.74, 6) is 0.522. The highest BCUT2D eigenvalue weighted by Crippen LogP contribution is 2.35. The van der Waals surface area contributed by atoms with Crippen LogP contribution in [0.1, 0.15) is 37.8 Å². The van der Waals surface area contributed by atoms with E-state index in [2.05, 4.69) is 17.1 Å². The van der Waals surface area contributed by atoms with Crippen molar-refractivity contribution in [2.45, 2.75) is 32.2 Å². The molecule has 1 fully saturated rings. The first-order valence-electron chi connectivity index (χ1n) is 7.55. The minimum atomic E-state index is -0.149. The number of methoxy groups -OCH3 is 1. The van der Waals surface area contributed by atoms with Gasteiger partial charge in [0.1, 0.15) is 11.6 Å². The zero-order valence-corrected chi connectivity index (χ0v) is 13.7. The number of halogens is 2. The van der Waals surface area contributed by atoms with E-state index in [1.54, 1.807) is 19.2 Å². The Morgan fingerprint density at radius 2 is 2.05 bits per heavy atom. The highest BCUT2D eigenvalue weighted by atomic mass is 35.5. The summed E-state index contributed by atoms with van der Waals surface area (Å²) in [7, 11) is 1.62. The van der Waals surface area contributed by atoms with Crippen LogP contribution in [0.2, 0.25) is 0 Å². The normalized spacial score (nSPS) is 17.1. The number of hydrogen-bond acceptors (Lipinski definition) is 3. The molecule has 0 spiro atoms. The van der Waals surface area contributed by atoms with Crippen molar-refractivity contribution in [1.82, 2.24) is 10.2 Å². The van der Waals surface area contributed by atoms with Crippen LogP contribution in [-0.4, -0.2) is 38.2 Å². The predicted molar refractivity (Wildman–Crippen MR) is 86.9 cm³/mol. The Hall–Kier alpha value is -0.840. The molecule has 1 aromatic carbocycles. The molecule has 2 rings (SSSR count). The summed E-state index contributed by atoms with van der Waals surface area (Å²) in [6.07, 6.45) is 3.21. The van der Waals surface area contributed by atoms with Gasteiger partial charge in [-0.25, -0.2) is 4.39 Å². The van der Waals surface area contributed by atoms with Gasteiger partial charge in [-0.05, 0) is 18.6 Å². The van der Waals surface area contributed by atoms with Gasteiger partial charge in [-0.2, -0.15) is 0 Å². The lowest BCUT2D eigenvalue weighted by Crippen LogP contribution is -2.45. The molecule has 1 heterocycles. The van der Waals surface area contributed by atoms with E-state index in [0.717, 1.165) is 51.0 Å². The van der Waals surface area contributed by atoms with E-state index in [4.69, 9.17) is 4.74 Å². The minimum Gasteiger partial charge on any atom is -0.496 e. The number of unbranched alkanes of at least 4 members (excludes halogenated alkanes) is 1. The first-order valence-corrected chi connectivity index (χ1v) is 7.55. The minimum absolute atomic E-state index is 0. The Morgan fingerprint density at radius 3 is 2.67 bits per heavy atom. The van der Waals surface area contributed by atoms with E-state index < -0.39 is 0 Å². The van der Waals surface area contributed by atoms with Crippen LogP contribution in [-0.2, 0) is 0 Å². The smallest absolute Gasteiger partial charge is 0.131 e. The summed E-state index contributed by atoms with van der Waals surface area (Å²) in [5, 5.41) is 3.35. The van der Waals surface area contributed by atoms with Gasteiger partial charge in [0, 0.05) is 37.8 Å². The first kappa shape index (κ1) is 18.2. The van der Waals surface area contributed by atoms with Crippen molar-refractivity contribution in [2.24, 2.45) is 0 Å². The molecule has 0 aliphatic carbocycles. The Morgan fingerprint density at radius 1 is 1.33 bits per heavy atom. The van der Waals surface area contributed by atoms with Gasteiger partial charge in [0.05, 0.1) is 7.11 Å². The number of rotatable bonds is 6. The molecule has 0 saturated carbocycles. The van der Waals surface area contributed by atoms with Gasteiger partial charge in [-0.3, -0.25) is 4.90 Å². The van der Waals surface area contributed by atoms with E-state index >= 15 is 0 Å². The van der Waals surface area contributed by atoms with E-state index in [1.165, 1.54) is 0 Å². The Labute approximate surface area is 133 Å². The molecule has 1 aliphatic heterocycles. The summed E-state index contributed by atoms with van der Waals surface area (Å²) in [5.41, 5.74) is 0.727. The van der Waals surface area contributed by atoms with Crippen molar-refractivity contribution < 1.29 is 9.13 Å². The van der Waals surface area contributed by atoms with Crippen LogP contribution < -0.4 is 10.1 Å². The lowest BCUT2D eigenvalue weighted by molar-refractivity contribution is 0.157. The van der Waals surface area contributed by atoms with Gasteiger partial charge in [-0.1, -0.05) is 25.8 Å². The highest BCUT2D eigenvalue weighted by molar-refractivity contribution is 5.85. The maximum atomic E-state index is 14.3. The summed E-state index contributed by atoms with van der Waals surface area (Å²) >= 11 is 0. The molecule has 120 valence electrons. The number of hydrogen-bond donors (Lipinski definition) is 1. The molecule has 0 aromatic heterocycles. The maximum absolute atomic E-state index is 14.3. The zero-order valence-electron chi connectivity index (χ0n) is 12.9. The van der Waals surface area contributed by atoms with Gasteiger partial charge in [-0.15, -0.1) is 12.4 Å². The molecule has 0 bridgehead atoms. The van der Waals surface area contributed by atoms with Crippen molar-refractivity contribution in [3.8, 4) is 5.75 Å². The van der Waals surface area contributed by atoms with Crippen molar-refractivity contribution >= 4 is 12.4 Å². The van der Waals surface area contributed by atoms with Crippen LogP contribution in [0.3, 0.4) is 0 Å². The molecule has 0 amide bonds. The maximum Gasteiger partial charge on any atom is 0.131 e. The molecule has 0 radical (unpaired) electrons. The molecule has 1 saturated heterocycles. The Kier molecular flexibility index (Phi) is 8.01. The van der Waals surface area contributed by atoms with E-state index in [-0.39, 0.29) is 24.3 Å². The zero-order chi connectivity index (χ0) is 14.4. The number of ether oxygens (including phenoxy) is 1. The fourth-order valence-electron chi connectivity index (χ4n) is 2.92. The summed E-state index contributed by atoms with van der Waals surface area (Å²) < 4.78 is 19.7. The second-order valence-corrected chi connectivity index (χ2v) is 5.30. The van der Waals surface area contributed by atoms with Crippen molar-refractivity contribution in [1.29, 1.82) is 0 Å². The molecule has 21 heavy (non-hydrogen) atoms. The van der Waals surface area contributed by atoms with E-state index in [0.29, 0.717) is 5.75 Å². The topological polar surface area (TPSA) is 24.5 Å². The van der Waals surface area contributed by atoms with Gasteiger partial charge in [0.25, 0.3) is 0 Å². The molecule has 3 nitrogen and oxygen atoms in total. The van der Waals surface area contributed by atoms with Gasteiger partial charge in [0.2, 0.25) is 0 Å². The Balaban J connectivity index is 0.00000220. The van der Waals surface area contributed by atoms with E-state index in [1.807, 2.05) is 6.07 Å². The molecule has 1 N–H and O–H groups in total. The summed E-state index contributed by atoms with van der Waals surface area (Å²) in [6.45, 7) is 6.05. The molecular weight excluding hydrogens is 291 g/mol. The third-order valence-electron chi connectivity index (χ3n) is 3.99. The summed E-state index contributed by atoms with van der Waals surface area (Å²) in [6, 6.07) is 5.23. The van der Waals surface area contributed by atoms with Gasteiger partial charge in [0.15, 0.2) is 0 Å². The van der Waals surface area contributed by atoms with Crippen molar-refractivity contribution in [3.05, 3.63) is 29.6 Å². The monoisotopic (exact) mass is 316 g/mol. The number of piperazine rings is 1. The van der Waals surface area contributed by atoms with Crippen LogP contribution >= 0.6 is 12.4 Å². The molecule has 1 aromatic rings. The number of nitrogens with zero attached hydrogens (tertiary/aromatic N) is 1. The quantitative estimate of drug-likeness (QED) is 0.870. The van der Waals surface area contributed by atoms with Gasteiger partial charge >= 0.3 is 0 Å².